The van der Waals surface area contributed by atoms with E-state index in [2.05, 4.69) is 26.4 Å². The Morgan fingerprint density at radius 3 is 2.39 bits per heavy atom. The van der Waals surface area contributed by atoms with Crippen LogP contribution < -0.4 is 22.0 Å². The molecular weight excluding hydrogens is 322 g/mol. The van der Waals surface area contributed by atoms with Gasteiger partial charge in [-0.2, -0.15) is 4.68 Å². The number of H-pyrrole nitrogens is 1. The van der Waals surface area contributed by atoms with Gasteiger partial charge in [0.2, 0.25) is 4.77 Å². The third kappa shape index (κ3) is 3.91. The van der Waals surface area contributed by atoms with Gasteiger partial charge in [-0.15, -0.1) is 5.10 Å². The third-order valence-corrected chi connectivity index (χ3v) is 3.04. The zero-order chi connectivity index (χ0) is 17.0. The summed E-state index contributed by atoms with van der Waals surface area (Å²) in [6, 6.07) is 6.11. The highest BCUT2D eigenvalue weighted by atomic mass is 32.1. The first-order valence-electron chi connectivity index (χ1n) is 6.29. The molecule has 0 radical (unpaired) electrons. The minimum Gasteiger partial charge on any atom is -0.334 e. The van der Waals surface area contributed by atoms with E-state index >= 15 is 0 Å². The van der Waals surface area contributed by atoms with Gasteiger partial charge in [0.15, 0.2) is 5.78 Å². The van der Waals surface area contributed by atoms with Crippen LogP contribution in [0.1, 0.15) is 17.3 Å². The van der Waals surface area contributed by atoms with Crippen molar-refractivity contribution in [3.05, 3.63) is 34.6 Å². The standard InChI is InChI=1S/C12H13N7O3S/c1-6(20)7-2-4-8(5-3-7)14-9(21)10(22)15-16-11-17-18-12(23)19(11)13/h2-5H,13H2,1H3,(H,14,21)(H,15,22)(H,16,17)(H,18,23). The topological polar surface area (TPSA) is 147 Å². The number of hydrogen-bond acceptors (Lipinski definition) is 7. The fourth-order valence-electron chi connectivity index (χ4n) is 1.54. The predicted octanol–water partition coefficient (Wildman–Crippen LogP) is -0.0611. The van der Waals surface area contributed by atoms with Crippen molar-refractivity contribution < 1.29 is 14.4 Å². The van der Waals surface area contributed by atoms with Gasteiger partial charge in [0.1, 0.15) is 0 Å². The molecule has 1 aromatic heterocycles. The number of hydrazine groups is 1. The van der Waals surface area contributed by atoms with E-state index in [1.807, 2.05) is 0 Å². The lowest BCUT2D eigenvalue weighted by atomic mass is 10.1. The quantitative estimate of drug-likeness (QED) is 0.173. The molecular formula is C12H13N7O3S. The summed E-state index contributed by atoms with van der Waals surface area (Å²) in [5.74, 6) is 3.56. The van der Waals surface area contributed by atoms with Crippen molar-refractivity contribution in [2.75, 3.05) is 16.6 Å². The molecule has 0 unspecified atom stereocenters. The molecule has 0 atom stereocenters. The minimum absolute atomic E-state index is 0.0296. The number of amides is 2. The van der Waals surface area contributed by atoms with E-state index in [0.717, 1.165) is 4.68 Å². The van der Waals surface area contributed by atoms with Gasteiger partial charge in [0.05, 0.1) is 0 Å². The maximum absolute atomic E-state index is 11.7. The highest BCUT2D eigenvalue weighted by molar-refractivity contribution is 7.71. The molecule has 2 amide bonds. The Hall–Kier alpha value is -3.21. The lowest BCUT2D eigenvalue weighted by molar-refractivity contribution is -0.135. The van der Waals surface area contributed by atoms with Crippen LogP contribution in [0.5, 0.6) is 0 Å². The lowest BCUT2D eigenvalue weighted by Gasteiger charge is -2.08. The molecule has 10 nitrogen and oxygen atoms in total. The number of carbonyl (C=O) groups is 3. The number of hydrogen-bond donors (Lipinski definition) is 5. The monoisotopic (exact) mass is 335 g/mol. The number of nitrogens with zero attached hydrogens (tertiary/aromatic N) is 2. The molecule has 1 aromatic carbocycles. The van der Waals surface area contributed by atoms with Crippen LogP contribution in [-0.4, -0.2) is 32.5 Å². The molecule has 0 aliphatic carbocycles. The van der Waals surface area contributed by atoms with Crippen LogP contribution in [0.4, 0.5) is 11.6 Å². The molecule has 0 aliphatic heterocycles. The van der Waals surface area contributed by atoms with E-state index in [1.54, 1.807) is 12.1 Å². The van der Waals surface area contributed by atoms with Crippen molar-refractivity contribution in [2.24, 2.45) is 0 Å². The Kier molecular flexibility index (Phi) is 4.71. The lowest BCUT2D eigenvalue weighted by Crippen LogP contribution is -2.39. The molecule has 0 fully saturated rings. The molecule has 0 aliphatic rings. The number of nitrogens with one attached hydrogen (secondary N) is 4. The normalized spacial score (nSPS) is 9.96. The smallest absolute Gasteiger partial charge is 0.328 e. The zero-order valence-corrected chi connectivity index (χ0v) is 12.7. The number of rotatable bonds is 4. The maximum Gasteiger partial charge on any atom is 0.328 e. The fraction of sp³-hybridized carbons (Fsp3) is 0.0833. The van der Waals surface area contributed by atoms with Gasteiger partial charge < -0.3 is 11.2 Å². The van der Waals surface area contributed by atoms with Crippen LogP contribution in [0.3, 0.4) is 0 Å². The Balaban J connectivity index is 1.92. The van der Waals surface area contributed by atoms with Crippen LogP contribution in [0.15, 0.2) is 24.3 Å². The van der Waals surface area contributed by atoms with E-state index in [4.69, 9.17) is 18.1 Å². The number of anilines is 2. The molecule has 0 saturated carbocycles. The van der Waals surface area contributed by atoms with Gasteiger partial charge >= 0.3 is 11.8 Å². The number of nitrogen functional groups attached to an aromatic ring is 1. The van der Waals surface area contributed by atoms with E-state index in [0.29, 0.717) is 11.3 Å². The van der Waals surface area contributed by atoms with Crippen molar-refractivity contribution >= 4 is 41.5 Å². The fourth-order valence-corrected chi connectivity index (χ4v) is 1.67. The molecule has 6 N–H and O–H groups in total. The van der Waals surface area contributed by atoms with Gasteiger partial charge in [0.25, 0.3) is 5.95 Å². The van der Waals surface area contributed by atoms with E-state index < -0.39 is 11.8 Å². The van der Waals surface area contributed by atoms with E-state index in [-0.39, 0.29) is 16.5 Å². The summed E-state index contributed by atoms with van der Waals surface area (Å²) in [6.07, 6.45) is 0. The molecule has 120 valence electrons. The summed E-state index contributed by atoms with van der Waals surface area (Å²) in [6.45, 7) is 1.43. The number of ketones is 1. The average Bonchev–Trinajstić information content (AvgIpc) is 2.84. The summed E-state index contributed by atoms with van der Waals surface area (Å²) in [4.78, 5) is 34.5. The molecule has 1 heterocycles. The Labute approximate surface area is 135 Å². The van der Waals surface area contributed by atoms with Crippen molar-refractivity contribution in [1.29, 1.82) is 0 Å². The van der Waals surface area contributed by atoms with Crippen LogP contribution in [0.25, 0.3) is 0 Å². The Morgan fingerprint density at radius 1 is 1.22 bits per heavy atom. The highest BCUT2D eigenvalue weighted by Gasteiger charge is 2.14. The van der Waals surface area contributed by atoms with Gasteiger partial charge in [-0.25, -0.2) is 5.10 Å². The second kappa shape index (κ2) is 6.70. The first-order chi connectivity index (χ1) is 10.9. The number of nitrogens with two attached hydrogens (primary N) is 1. The van der Waals surface area contributed by atoms with Crippen LogP contribution in [0.2, 0.25) is 0 Å². The summed E-state index contributed by atoms with van der Waals surface area (Å²) in [5, 5.41) is 8.46. The highest BCUT2D eigenvalue weighted by Crippen LogP contribution is 2.09. The number of aromatic amines is 1. The van der Waals surface area contributed by atoms with Crippen molar-refractivity contribution in [3.8, 4) is 0 Å². The maximum atomic E-state index is 11.7. The summed E-state index contributed by atoms with van der Waals surface area (Å²) in [5.41, 5.74) is 5.34. The summed E-state index contributed by atoms with van der Waals surface area (Å²) < 4.78 is 1.12. The number of carbonyl (C=O) groups excluding carboxylic acids is 3. The van der Waals surface area contributed by atoms with Crippen molar-refractivity contribution in [2.45, 2.75) is 6.92 Å². The molecule has 2 aromatic rings. The number of Topliss-reactive ketones (excluding diaryl/α,β-unsaturated/α-hetero) is 1. The first kappa shape index (κ1) is 16.2. The summed E-state index contributed by atoms with van der Waals surface area (Å²) >= 11 is 4.78. The van der Waals surface area contributed by atoms with Crippen molar-refractivity contribution in [1.82, 2.24) is 20.3 Å². The van der Waals surface area contributed by atoms with E-state index in [9.17, 15) is 14.4 Å². The van der Waals surface area contributed by atoms with Crippen LogP contribution in [-0.2, 0) is 9.59 Å². The zero-order valence-electron chi connectivity index (χ0n) is 11.9. The van der Waals surface area contributed by atoms with Gasteiger partial charge in [-0.1, -0.05) is 0 Å². The second-order valence-electron chi connectivity index (χ2n) is 4.39. The van der Waals surface area contributed by atoms with E-state index in [1.165, 1.54) is 19.1 Å². The van der Waals surface area contributed by atoms with Crippen LogP contribution in [0, 0.1) is 4.77 Å². The molecule has 0 saturated heterocycles. The summed E-state index contributed by atoms with van der Waals surface area (Å²) in [7, 11) is 0. The first-order valence-corrected chi connectivity index (χ1v) is 6.70. The molecule has 0 spiro atoms. The Morgan fingerprint density at radius 2 is 1.87 bits per heavy atom. The SMILES string of the molecule is CC(=O)c1ccc(NC(=O)C(=O)NNc2n[nH]c(=S)n2N)cc1. The largest absolute Gasteiger partial charge is 0.334 e. The number of benzene rings is 1. The second-order valence-corrected chi connectivity index (χ2v) is 4.78. The Bertz CT molecular complexity index is 809. The van der Waals surface area contributed by atoms with Gasteiger partial charge in [0, 0.05) is 11.3 Å². The minimum atomic E-state index is -0.963. The third-order valence-electron chi connectivity index (χ3n) is 2.75. The molecule has 11 heteroatoms. The van der Waals surface area contributed by atoms with Crippen LogP contribution >= 0.6 is 12.2 Å². The van der Waals surface area contributed by atoms with Gasteiger partial charge in [-0.05, 0) is 43.4 Å². The van der Waals surface area contributed by atoms with Gasteiger partial charge in [-0.3, -0.25) is 25.2 Å². The average molecular weight is 335 g/mol. The molecule has 23 heavy (non-hydrogen) atoms. The predicted molar refractivity (Wildman–Crippen MR) is 84.4 cm³/mol. The number of aromatic nitrogens is 3. The molecule has 0 bridgehead atoms. The van der Waals surface area contributed by atoms with Crippen molar-refractivity contribution in [3.63, 3.8) is 0 Å². The molecule has 2 rings (SSSR count).